The average Bonchev–Trinajstić information content (AvgIpc) is 2.91. The molecule has 1 aliphatic rings. The lowest BCUT2D eigenvalue weighted by Crippen LogP contribution is -2.28. The lowest BCUT2D eigenvalue weighted by Gasteiger charge is -2.20. The summed E-state index contributed by atoms with van der Waals surface area (Å²) in [4.78, 5) is 25.9. The fourth-order valence-corrected chi connectivity index (χ4v) is 4.13. The molecule has 0 radical (unpaired) electrons. The number of hydrogen-bond acceptors (Lipinski definition) is 4. The largest absolute Gasteiger partial charge is 0.396 e. The number of Topliss-reactive ketones (excluding diaryl/α,β-unsaturated/α-hetero) is 2. The quantitative estimate of drug-likeness (QED) is 0.467. The number of carbonyl (C=O) groups excluding carboxylic acids is 2. The molecule has 4 atom stereocenters. The van der Waals surface area contributed by atoms with Crippen molar-refractivity contribution < 1.29 is 14.7 Å². The summed E-state index contributed by atoms with van der Waals surface area (Å²) in [6, 6.07) is 0.573. The highest BCUT2D eigenvalue weighted by atomic mass is 16.3. The third kappa shape index (κ3) is 9.27. The second-order valence-corrected chi connectivity index (χ2v) is 8.71. The molecular weight excluding hydrogens is 326 g/mol. The van der Waals surface area contributed by atoms with Crippen LogP contribution < -0.4 is 0 Å². The van der Waals surface area contributed by atoms with Crippen molar-refractivity contribution in [3.05, 3.63) is 0 Å². The Bertz CT molecular complexity index is 424. The SMILES string of the molecule is CC(=O)CCCCCN1CC(CC(=O)CCC(C)C(C)CCO)CC1C. The highest BCUT2D eigenvalue weighted by Gasteiger charge is 2.29. The van der Waals surface area contributed by atoms with Gasteiger partial charge < -0.3 is 14.8 Å². The van der Waals surface area contributed by atoms with Crippen LogP contribution in [0.1, 0.15) is 85.5 Å². The van der Waals surface area contributed by atoms with E-state index in [0.29, 0.717) is 42.4 Å². The van der Waals surface area contributed by atoms with E-state index in [-0.39, 0.29) is 12.4 Å². The smallest absolute Gasteiger partial charge is 0.133 e. The van der Waals surface area contributed by atoms with Gasteiger partial charge >= 0.3 is 0 Å². The Hall–Kier alpha value is -0.740. The summed E-state index contributed by atoms with van der Waals surface area (Å²) in [5.41, 5.74) is 0. The lowest BCUT2D eigenvalue weighted by molar-refractivity contribution is -0.120. The molecule has 26 heavy (non-hydrogen) atoms. The maximum absolute atomic E-state index is 12.4. The number of unbranched alkanes of at least 4 members (excludes halogenated alkanes) is 2. The van der Waals surface area contributed by atoms with Crippen LogP contribution in [0.4, 0.5) is 0 Å². The highest BCUT2D eigenvalue weighted by Crippen LogP contribution is 2.27. The molecule has 0 bridgehead atoms. The van der Waals surface area contributed by atoms with Gasteiger partial charge in [0.1, 0.15) is 11.6 Å². The van der Waals surface area contributed by atoms with Crippen molar-refractivity contribution in [3.8, 4) is 0 Å². The fraction of sp³-hybridized carbons (Fsp3) is 0.909. The molecule has 4 heteroatoms. The zero-order valence-electron chi connectivity index (χ0n) is 17.5. The van der Waals surface area contributed by atoms with Gasteiger partial charge in [0.25, 0.3) is 0 Å². The minimum absolute atomic E-state index is 0.240. The van der Waals surface area contributed by atoms with Gasteiger partial charge in [-0.15, -0.1) is 0 Å². The molecule has 0 aromatic heterocycles. The summed E-state index contributed by atoms with van der Waals surface area (Å²) in [5, 5.41) is 9.03. The number of ketones is 2. The highest BCUT2D eigenvalue weighted by molar-refractivity contribution is 5.78. The Kier molecular flexibility index (Phi) is 11.3. The Morgan fingerprint density at radius 2 is 1.77 bits per heavy atom. The van der Waals surface area contributed by atoms with Crippen molar-refractivity contribution in [2.75, 3.05) is 19.7 Å². The van der Waals surface area contributed by atoms with E-state index in [4.69, 9.17) is 5.11 Å². The number of hydrogen-bond donors (Lipinski definition) is 1. The van der Waals surface area contributed by atoms with E-state index in [2.05, 4.69) is 25.7 Å². The predicted molar refractivity (Wildman–Crippen MR) is 107 cm³/mol. The minimum atomic E-state index is 0.240. The second kappa shape index (κ2) is 12.6. The summed E-state index contributed by atoms with van der Waals surface area (Å²) in [7, 11) is 0. The first kappa shape index (κ1) is 23.3. The number of carbonyl (C=O) groups is 2. The predicted octanol–water partition coefficient (Wildman–Crippen LogP) is 4.24. The Morgan fingerprint density at radius 1 is 1.08 bits per heavy atom. The van der Waals surface area contributed by atoms with Gasteiger partial charge in [-0.05, 0) is 70.3 Å². The van der Waals surface area contributed by atoms with Gasteiger partial charge in [0, 0.05) is 38.5 Å². The van der Waals surface area contributed by atoms with Crippen molar-refractivity contribution in [1.82, 2.24) is 4.90 Å². The third-order valence-corrected chi connectivity index (χ3v) is 6.22. The first-order valence-electron chi connectivity index (χ1n) is 10.7. The first-order valence-corrected chi connectivity index (χ1v) is 10.7. The molecule has 4 nitrogen and oxygen atoms in total. The van der Waals surface area contributed by atoms with E-state index >= 15 is 0 Å². The van der Waals surface area contributed by atoms with Crippen molar-refractivity contribution >= 4 is 11.6 Å². The van der Waals surface area contributed by atoms with Gasteiger partial charge in [-0.1, -0.05) is 20.3 Å². The first-order chi connectivity index (χ1) is 12.3. The van der Waals surface area contributed by atoms with Gasteiger partial charge in [-0.3, -0.25) is 4.79 Å². The molecule has 152 valence electrons. The topological polar surface area (TPSA) is 57.6 Å². The van der Waals surface area contributed by atoms with Crippen LogP contribution in [0.5, 0.6) is 0 Å². The van der Waals surface area contributed by atoms with Crippen LogP contribution in [-0.4, -0.2) is 47.3 Å². The molecule has 0 aliphatic carbocycles. The van der Waals surface area contributed by atoms with Crippen LogP contribution in [-0.2, 0) is 9.59 Å². The molecule has 0 saturated carbocycles. The van der Waals surface area contributed by atoms with Gasteiger partial charge in [0.15, 0.2) is 0 Å². The van der Waals surface area contributed by atoms with Gasteiger partial charge in [0.2, 0.25) is 0 Å². The number of nitrogens with zero attached hydrogens (tertiary/aromatic N) is 1. The van der Waals surface area contributed by atoms with Crippen LogP contribution in [0.3, 0.4) is 0 Å². The van der Waals surface area contributed by atoms with E-state index in [1.54, 1.807) is 6.92 Å². The average molecular weight is 368 g/mol. The Balaban J connectivity index is 2.21. The molecule has 4 unspecified atom stereocenters. The van der Waals surface area contributed by atoms with E-state index in [1.165, 1.54) is 0 Å². The summed E-state index contributed by atoms with van der Waals surface area (Å²) in [5.74, 6) is 2.20. The van der Waals surface area contributed by atoms with E-state index in [1.807, 2.05) is 0 Å². The fourth-order valence-electron chi connectivity index (χ4n) is 4.13. The maximum atomic E-state index is 12.4. The van der Waals surface area contributed by atoms with Crippen LogP contribution in [0.15, 0.2) is 0 Å². The van der Waals surface area contributed by atoms with Crippen molar-refractivity contribution in [3.63, 3.8) is 0 Å². The van der Waals surface area contributed by atoms with Crippen LogP contribution in [0.2, 0.25) is 0 Å². The maximum Gasteiger partial charge on any atom is 0.133 e. The zero-order valence-corrected chi connectivity index (χ0v) is 17.5. The van der Waals surface area contributed by atoms with Crippen molar-refractivity contribution in [2.24, 2.45) is 17.8 Å². The summed E-state index contributed by atoms with van der Waals surface area (Å²) in [6.07, 6.45) is 8.32. The van der Waals surface area contributed by atoms with Crippen LogP contribution in [0, 0.1) is 17.8 Å². The molecule has 1 fully saturated rings. The Labute approximate surface area is 160 Å². The van der Waals surface area contributed by atoms with E-state index in [9.17, 15) is 9.59 Å². The molecule has 1 rings (SSSR count). The van der Waals surface area contributed by atoms with Crippen molar-refractivity contribution in [2.45, 2.75) is 91.5 Å². The summed E-state index contributed by atoms with van der Waals surface area (Å²) in [6.45, 7) is 10.7. The number of rotatable bonds is 14. The van der Waals surface area contributed by atoms with Crippen LogP contribution >= 0.6 is 0 Å². The van der Waals surface area contributed by atoms with Gasteiger partial charge in [-0.25, -0.2) is 0 Å². The molecule has 0 spiro atoms. The van der Waals surface area contributed by atoms with E-state index in [0.717, 1.165) is 58.0 Å². The zero-order chi connectivity index (χ0) is 19.5. The molecule has 1 saturated heterocycles. The molecule has 0 aromatic carbocycles. The lowest BCUT2D eigenvalue weighted by atomic mass is 9.87. The molecule has 0 amide bonds. The van der Waals surface area contributed by atoms with Crippen LogP contribution in [0.25, 0.3) is 0 Å². The van der Waals surface area contributed by atoms with Gasteiger partial charge in [0.05, 0.1) is 0 Å². The van der Waals surface area contributed by atoms with Crippen molar-refractivity contribution in [1.29, 1.82) is 0 Å². The second-order valence-electron chi connectivity index (χ2n) is 8.71. The number of aliphatic hydroxyl groups excluding tert-OH is 1. The van der Waals surface area contributed by atoms with E-state index < -0.39 is 0 Å². The molecule has 1 heterocycles. The number of likely N-dealkylation sites (tertiary alicyclic amines) is 1. The standard InChI is InChI=1S/C22H41NO3/c1-17(18(2)11-13-24)9-10-22(26)15-21-14-19(3)23(16-21)12-7-5-6-8-20(4)25/h17-19,21,24H,5-16H2,1-4H3. The monoisotopic (exact) mass is 367 g/mol. The molecule has 1 aliphatic heterocycles. The third-order valence-electron chi connectivity index (χ3n) is 6.22. The molecular formula is C22H41NO3. The summed E-state index contributed by atoms with van der Waals surface area (Å²) < 4.78 is 0. The number of aliphatic hydroxyl groups is 1. The summed E-state index contributed by atoms with van der Waals surface area (Å²) >= 11 is 0. The molecule has 1 N–H and O–H groups in total. The normalized spacial score (nSPS) is 23.1. The van der Waals surface area contributed by atoms with Gasteiger partial charge in [-0.2, -0.15) is 0 Å². The molecule has 0 aromatic rings. The Morgan fingerprint density at radius 3 is 2.42 bits per heavy atom. The minimum Gasteiger partial charge on any atom is -0.396 e.